The number of hydrogen-bond donors (Lipinski definition) is 1. The molecule has 1 heterocycles. The number of amides is 1. The molecule has 1 fully saturated rings. The van der Waals surface area contributed by atoms with Gasteiger partial charge in [-0.3, -0.25) is 4.79 Å². The number of carbonyl (C=O) groups is 1. The van der Waals surface area contributed by atoms with Crippen LogP contribution in [0.5, 0.6) is 0 Å². The van der Waals surface area contributed by atoms with Gasteiger partial charge in [-0.1, -0.05) is 26.7 Å². The minimum Gasteiger partial charge on any atom is -0.367 e. The Morgan fingerprint density at radius 1 is 1.30 bits per heavy atom. The van der Waals surface area contributed by atoms with Gasteiger partial charge in [0.25, 0.3) is 5.91 Å². The average molecular weight is 275 g/mol. The van der Waals surface area contributed by atoms with Crippen LogP contribution in [-0.2, 0) is 0 Å². The summed E-state index contributed by atoms with van der Waals surface area (Å²) in [6, 6.07) is 4.23. The summed E-state index contributed by atoms with van der Waals surface area (Å²) in [6.45, 7) is 4.64. The third kappa shape index (κ3) is 3.30. The van der Waals surface area contributed by atoms with Gasteiger partial charge in [0.15, 0.2) is 0 Å². The zero-order valence-corrected chi connectivity index (χ0v) is 12.9. The summed E-state index contributed by atoms with van der Waals surface area (Å²) in [5, 5.41) is 3.52. The Hall–Kier alpha value is -1.58. The van der Waals surface area contributed by atoms with Crippen molar-refractivity contribution in [2.24, 2.45) is 11.8 Å². The van der Waals surface area contributed by atoms with Crippen molar-refractivity contribution in [2.75, 3.05) is 19.4 Å². The lowest BCUT2D eigenvalue weighted by Gasteiger charge is -2.34. The molecule has 3 atom stereocenters. The zero-order chi connectivity index (χ0) is 14.7. The van der Waals surface area contributed by atoms with E-state index in [0.29, 0.717) is 17.5 Å². The molecule has 1 amide bonds. The molecule has 4 heteroatoms. The molecular formula is C16H25N3O. The Labute approximate surface area is 121 Å². The van der Waals surface area contributed by atoms with E-state index in [9.17, 15) is 4.79 Å². The molecule has 0 radical (unpaired) electrons. The molecule has 20 heavy (non-hydrogen) atoms. The van der Waals surface area contributed by atoms with Gasteiger partial charge < -0.3 is 10.2 Å². The lowest BCUT2D eigenvalue weighted by atomic mass is 9.78. The fourth-order valence-electron chi connectivity index (χ4n) is 2.84. The van der Waals surface area contributed by atoms with Crippen molar-refractivity contribution in [2.45, 2.75) is 39.2 Å². The highest BCUT2D eigenvalue weighted by Crippen LogP contribution is 2.31. The monoisotopic (exact) mass is 275 g/mol. The Bertz CT molecular complexity index is 455. The largest absolute Gasteiger partial charge is 0.367 e. The second kappa shape index (κ2) is 6.25. The number of rotatable bonds is 3. The van der Waals surface area contributed by atoms with E-state index >= 15 is 0 Å². The first-order valence-corrected chi connectivity index (χ1v) is 7.43. The maximum absolute atomic E-state index is 11.8. The first-order chi connectivity index (χ1) is 9.49. The van der Waals surface area contributed by atoms with Crippen LogP contribution in [0.2, 0.25) is 0 Å². The molecule has 3 unspecified atom stereocenters. The summed E-state index contributed by atoms with van der Waals surface area (Å²) < 4.78 is 0. The molecule has 0 aliphatic heterocycles. The normalized spacial score (nSPS) is 26.1. The Morgan fingerprint density at radius 3 is 2.65 bits per heavy atom. The SMILES string of the molecule is CC1CCCC(Nc2ccc(C(=O)N(C)C)cn2)C1C. The fourth-order valence-corrected chi connectivity index (χ4v) is 2.84. The van der Waals surface area contributed by atoms with Crippen molar-refractivity contribution < 1.29 is 4.79 Å². The van der Waals surface area contributed by atoms with Gasteiger partial charge in [0, 0.05) is 26.3 Å². The van der Waals surface area contributed by atoms with Gasteiger partial charge in [-0.25, -0.2) is 4.98 Å². The number of aromatic nitrogens is 1. The van der Waals surface area contributed by atoms with E-state index in [0.717, 1.165) is 11.7 Å². The smallest absolute Gasteiger partial charge is 0.254 e. The van der Waals surface area contributed by atoms with Gasteiger partial charge in [0.2, 0.25) is 0 Å². The number of anilines is 1. The molecule has 1 aliphatic rings. The van der Waals surface area contributed by atoms with Crippen LogP contribution >= 0.6 is 0 Å². The second-order valence-electron chi connectivity index (χ2n) is 6.15. The number of hydrogen-bond acceptors (Lipinski definition) is 3. The average Bonchev–Trinajstić information content (AvgIpc) is 2.44. The zero-order valence-electron chi connectivity index (χ0n) is 12.9. The first-order valence-electron chi connectivity index (χ1n) is 7.43. The van der Waals surface area contributed by atoms with E-state index in [4.69, 9.17) is 0 Å². The standard InChI is InChI=1S/C16H25N3O/c1-11-6-5-7-14(12(11)2)18-15-9-8-13(10-17-15)16(20)19(3)4/h8-12,14H,5-7H2,1-4H3,(H,17,18). The molecule has 1 saturated carbocycles. The van der Waals surface area contributed by atoms with Crippen LogP contribution in [0.15, 0.2) is 18.3 Å². The molecule has 1 aliphatic carbocycles. The molecule has 110 valence electrons. The summed E-state index contributed by atoms with van der Waals surface area (Å²) in [5.41, 5.74) is 0.630. The Kier molecular flexibility index (Phi) is 4.63. The summed E-state index contributed by atoms with van der Waals surface area (Å²) in [7, 11) is 3.50. The summed E-state index contributed by atoms with van der Waals surface area (Å²) >= 11 is 0. The summed E-state index contributed by atoms with van der Waals surface area (Å²) in [5.74, 6) is 2.28. The van der Waals surface area contributed by atoms with Crippen LogP contribution < -0.4 is 5.32 Å². The number of pyridine rings is 1. The first kappa shape index (κ1) is 14.8. The Balaban J connectivity index is 2.02. The van der Waals surface area contributed by atoms with Gasteiger partial charge >= 0.3 is 0 Å². The fraction of sp³-hybridized carbons (Fsp3) is 0.625. The third-order valence-electron chi connectivity index (χ3n) is 4.46. The maximum Gasteiger partial charge on any atom is 0.254 e. The van der Waals surface area contributed by atoms with Gasteiger partial charge in [0.1, 0.15) is 5.82 Å². The van der Waals surface area contributed by atoms with Crippen molar-refractivity contribution in [1.82, 2.24) is 9.88 Å². The third-order valence-corrected chi connectivity index (χ3v) is 4.46. The van der Waals surface area contributed by atoms with Crippen LogP contribution in [0.1, 0.15) is 43.5 Å². The predicted molar refractivity (Wildman–Crippen MR) is 81.8 cm³/mol. The van der Waals surface area contributed by atoms with E-state index < -0.39 is 0 Å². The maximum atomic E-state index is 11.8. The molecule has 0 spiro atoms. The molecule has 4 nitrogen and oxygen atoms in total. The molecular weight excluding hydrogens is 250 g/mol. The number of carbonyl (C=O) groups excluding carboxylic acids is 1. The van der Waals surface area contributed by atoms with E-state index in [1.165, 1.54) is 19.3 Å². The van der Waals surface area contributed by atoms with Crippen molar-refractivity contribution in [3.8, 4) is 0 Å². The van der Waals surface area contributed by atoms with Crippen LogP contribution in [0.25, 0.3) is 0 Å². The van der Waals surface area contributed by atoms with Gasteiger partial charge in [-0.15, -0.1) is 0 Å². The van der Waals surface area contributed by atoms with Crippen molar-refractivity contribution in [3.63, 3.8) is 0 Å². The van der Waals surface area contributed by atoms with Crippen molar-refractivity contribution in [1.29, 1.82) is 0 Å². The van der Waals surface area contributed by atoms with Gasteiger partial charge in [-0.05, 0) is 30.4 Å². The molecule has 0 bridgehead atoms. The molecule has 0 saturated heterocycles. The van der Waals surface area contributed by atoms with Crippen molar-refractivity contribution in [3.05, 3.63) is 23.9 Å². The van der Waals surface area contributed by atoms with E-state index in [-0.39, 0.29) is 5.91 Å². The minimum atomic E-state index is -0.0105. The summed E-state index contributed by atoms with van der Waals surface area (Å²) in [6.07, 6.45) is 5.45. The van der Waals surface area contributed by atoms with Crippen LogP contribution in [0.3, 0.4) is 0 Å². The molecule has 1 N–H and O–H groups in total. The quantitative estimate of drug-likeness (QED) is 0.922. The molecule has 0 aromatic carbocycles. The minimum absolute atomic E-state index is 0.0105. The number of nitrogens with one attached hydrogen (secondary N) is 1. The molecule has 1 aromatic rings. The van der Waals surface area contributed by atoms with E-state index in [1.807, 2.05) is 12.1 Å². The highest BCUT2D eigenvalue weighted by atomic mass is 16.2. The number of nitrogens with zero attached hydrogens (tertiary/aromatic N) is 2. The van der Waals surface area contributed by atoms with Gasteiger partial charge in [0.05, 0.1) is 5.56 Å². The molecule has 1 aromatic heterocycles. The second-order valence-corrected chi connectivity index (χ2v) is 6.15. The van der Waals surface area contributed by atoms with Crippen LogP contribution in [0, 0.1) is 11.8 Å². The lowest BCUT2D eigenvalue weighted by Crippen LogP contribution is -2.35. The van der Waals surface area contributed by atoms with Crippen LogP contribution in [0.4, 0.5) is 5.82 Å². The predicted octanol–water partition coefficient (Wildman–Crippen LogP) is 3.02. The van der Waals surface area contributed by atoms with E-state index in [2.05, 4.69) is 24.1 Å². The van der Waals surface area contributed by atoms with Crippen LogP contribution in [-0.4, -0.2) is 35.9 Å². The van der Waals surface area contributed by atoms with Gasteiger partial charge in [-0.2, -0.15) is 0 Å². The summed E-state index contributed by atoms with van der Waals surface area (Å²) in [4.78, 5) is 17.7. The molecule has 2 rings (SSSR count). The lowest BCUT2D eigenvalue weighted by molar-refractivity contribution is 0.0827. The topological polar surface area (TPSA) is 45.2 Å². The van der Waals surface area contributed by atoms with E-state index in [1.54, 1.807) is 25.2 Å². The highest BCUT2D eigenvalue weighted by Gasteiger charge is 2.27. The Morgan fingerprint density at radius 2 is 2.05 bits per heavy atom. The highest BCUT2D eigenvalue weighted by molar-refractivity contribution is 5.93. The van der Waals surface area contributed by atoms with Crippen molar-refractivity contribution >= 4 is 11.7 Å².